The number of nitrogens with one attached hydrogen (secondary N) is 1. The zero-order valence-corrected chi connectivity index (χ0v) is 21.5. The number of carbonyl (C=O) groups is 3. The number of esters is 1. The molecule has 1 aromatic carbocycles. The van der Waals surface area contributed by atoms with Gasteiger partial charge in [0.25, 0.3) is 5.13 Å². The van der Waals surface area contributed by atoms with Crippen LogP contribution in [0.3, 0.4) is 0 Å². The van der Waals surface area contributed by atoms with Crippen LogP contribution >= 0.6 is 23.1 Å². The van der Waals surface area contributed by atoms with Gasteiger partial charge < -0.3 is 15.0 Å². The molecule has 0 saturated heterocycles. The molecule has 0 spiro atoms. The Morgan fingerprint density at radius 2 is 1.94 bits per heavy atom. The van der Waals surface area contributed by atoms with E-state index in [0.717, 1.165) is 35.2 Å². The third-order valence-corrected chi connectivity index (χ3v) is 6.19. The fraction of sp³-hybridized carbons (Fsp3) is 0.500. The number of carbonyl (C=O) groups excluding carboxylic acids is 3. The molecule has 1 heterocycles. The van der Waals surface area contributed by atoms with E-state index in [2.05, 4.69) is 32.7 Å². The van der Waals surface area contributed by atoms with Gasteiger partial charge in [-0.15, -0.1) is 20.4 Å². The number of amides is 1. The van der Waals surface area contributed by atoms with Gasteiger partial charge in [-0.05, 0) is 37.3 Å². The van der Waals surface area contributed by atoms with Crippen LogP contribution < -0.4 is 10.2 Å². The molecule has 0 unspecified atom stereocenters. The molecule has 0 aliphatic rings. The summed E-state index contributed by atoms with van der Waals surface area (Å²) in [6.45, 7) is 7.84. The van der Waals surface area contributed by atoms with E-state index in [1.807, 2.05) is 24.0 Å². The number of ketones is 1. The summed E-state index contributed by atoms with van der Waals surface area (Å²) >= 11 is 2.93. The van der Waals surface area contributed by atoms with Gasteiger partial charge in [0.15, 0.2) is 10.1 Å². The number of azo groups is 1. The molecule has 1 amide bonds. The fourth-order valence-corrected chi connectivity index (χ4v) is 4.38. The Balaban J connectivity index is 2.21. The summed E-state index contributed by atoms with van der Waals surface area (Å²) in [5.74, 6) is 0.0267. The molecule has 0 radical (unpaired) electrons. The Hall–Kier alpha value is -2.86. The van der Waals surface area contributed by atoms with E-state index < -0.39 is 5.97 Å². The number of nitrogens with zero attached hydrogens (tertiary/aromatic N) is 5. The molecule has 0 atom stereocenters. The van der Waals surface area contributed by atoms with E-state index in [0.29, 0.717) is 23.1 Å². The van der Waals surface area contributed by atoms with Gasteiger partial charge in [-0.2, -0.15) is 0 Å². The van der Waals surface area contributed by atoms with Crippen LogP contribution in [0.25, 0.3) is 0 Å². The maximum atomic E-state index is 12.0. The first-order chi connectivity index (χ1) is 16.3. The van der Waals surface area contributed by atoms with Gasteiger partial charge in [-0.1, -0.05) is 43.4 Å². The Morgan fingerprint density at radius 3 is 2.62 bits per heavy atom. The average Bonchev–Trinajstić information content (AvgIpc) is 3.24. The summed E-state index contributed by atoms with van der Waals surface area (Å²) in [4.78, 5) is 36.9. The van der Waals surface area contributed by atoms with Crippen molar-refractivity contribution in [1.82, 2.24) is 10.2 Å². The van der Waals surface area contributed by atoms with Crippen molar-refractivity contribution >= 4 is 63.0 Å². The number of unbranched alkanes of at least 4 members (excludes halogenated alkanes) is 1. The summed E-state index contributed by atoms with van der Waals surface area (Å²) in [5.41, 5.74) is 1.81. The minimum atomic E-state index is -0.429. The van der Waals surface area contributed by atoms with E-state index in [1.54, 1.807) is 17.8 Å². The number of hydrogen-bond acceptors (Lipinski definition) is 11. The molecule has 0 bridgehead atoms. The van der Waals surface area contributed by atoms with Crippen molar-refractivity contribution in [2.45, 2.75) is 51.3 Å². The molecule has 1 N–H and O–H groups in total. The zero-order chi connectivity index (χ0) is 24.9. The lowest BCUT2D eigenvalue weighted by molar-refractivity contribution is -0.147. The normalized spacial score (nSPS) is 10.9. The van der Waals surface area contributed by atoms with Crippen LogP contribution in [0.15, 0.2) is 32.8 Å². The quantitative estimate of drug-likeness (QED) is 0.212. The molecule has 0 aliphatic carbocycles. The van der Waals surface area contributed by atoms with E-state index >= 15 is 0 Å². The first kappa shape index (κ1) is 27.4. The molecule has 34 heavy (non-hydrogen) atoms. The maximum absolute atomic E-state index is 12.0. The van der Waals surface area contributed by atoms with Crippen LogP contribution in [0.2, 0.25) is 0 Å². The predicted molar refractivity (Wildman–Crippen MR) is 135 cm³/mol. The number of Topliss-reactive ketones (excluding diaryl/α,β-unsaturated/α-hetero) is 1. The molecule has 2 aromatic rings. The molecule has 0 fully saturated rings. The minimum Gasteiger partial charge on any atom is -0.458 e. The van der Waals surface area contributed by atoms with Crippen molar-refractivity contribution in [3.8, 4) is 0 Å². The average molecular weight is 507 g/mol. The molecule has 2 rings (SSSR count). The number of thioether (sulfide) groups is 1. The number of anilines is 2. The van der Waals surface area contributed by atoms with Crippen LogP contribution in [-0.2, 0) is 19.1 Å². The molecule has 184 valence electrons. The Bertz CT molecular complexity index is 1010. The van der Waals surface area contributed by atoms with Crippen LogP contribution in [0.4, 0.5) is 22.2 Å². The highest BCUT2D eigenvalue weighted by Gasteiger charge is 2.14. The number of rotatable bonds is 14. The Morgan fingerprint density at radius 1 is 1.15 bits per heavy atom. The van der Waals surface area contributed by atoms with Crippen LogP contribution in [-0.4, -0.2) is 53.3 Å². The largest absolute Gasteiger partial charge is 0.458 e. The number of aromatic nitrogens is 2. The summed E-state index contributed by atoms with van der Waals surface area (Å²) in [5, 5.41) is 19.7. The van der Waals surface area contributed by atoms with Gasteiger partial charge >= 0.3 is 5.97 Å². The van der Waals surface area contributed by atoms with E-state index in [1.165, 1.54) is 25.2 Å². The highest BCUT2D eigenvalue weighted by Crippen LogP contribution is 2.33. The fourth-order valence-electron chi connectivity index (χ4n) is 2.82. The monoisotopic (exact) mass is 506 g/mol. The van der Waals surface area contributed by atoms with Crippen LogP contribution in [0.1, 0.15) is 47.0 Å². The number of hydrogen-bond donors (Lipinski definition) is 1. The van der Waals surface area contributed by atoms with Gasteiger partial charge in [-0.3, -0.25) is 14.4 Å². The Kier molecular flexibility index (Phi) is 11.6. The molecule has 0 saturated carbocycles. The predicted octanol–water partition coefficient (Wildman–Crippen LogP) is 5.15. The highest BCUT2D eigenvalue weighted by molar-refractivity contribution is 8.01. The number of benzene rings is 1. The molecule has 12 heteroatoms. The molecular formula is C22H30N6O4S2. The van der Waals surface area contributed by atoms with Crippen molar-refractivity contribution < 1.29 is 19.1 Å². The summed E-state index contributed by atoms with van der Waals surface area (Å²) in [6.07, 6.45) is 2.05. The lowest BCUT2D eigenvalue weighted by Crippen LogP contribution is -2.28. The Labute approximate surface area is 207 Å². The minimum absolute atomic E-state index is 0.142. The second-order valence-electron chi connectivity index (χ2n) is 7.32. The number of ether oxygens (including phenoxy) is 1. The molecule has 0 aliphatic heterocycles. The summed E-state index contributed by atoms with van der Waals surface area (Å²) < 4.78 is 5.79. The first-order valence-electron chi connectivity index (χ1n) is 11.0. The lowest BCUT2D eigenvalue weighted by Gasteiger charge is -2.25. The van der Waals surface area contributed by atoms with Crippen molar-refractivity contribution in [3.05, 3.63) is 18.2 Å². The highest BCUT2D eigenvalue weighted by atomic mass is 32.2. The first-order valence-corrected chi connectivity index (χ1v) is 12.8. The van der Waals surface area contributed by atoms with Crippen LogP contribution in [0.5, 0.6) is 0 Å². The van der Waals surface area contributed by atoms with Gasteiger partial charge in [0.1, 0.15) is 12.3 Å². The van der Waals surface area contributed by atoms with E-state index in [-0.39, 0.29) is 24.7 Å². The van der Waals surface area contributed by atoms with E-state index in [4.69, 9.17) is 4.74 Å². The van der Waals surface area contributed by atoms with E-state index in [9.17, 15) is 14.4 Å². The smallest absolute Gasteiger partial charge is 0.308 e. The second kappa shape index (κ2) is 14.4. The SMILES string of the molecule is CCCCN(CCC(=O)OCC(C)=O)c1ccc(N=Nc2nnc(SCC)s2)c(NC(C)=O)c1. The topological polar surface area (TPSA) is 126 Å². The van der Waals surface area contributed by atoms with Crippen molar-refractivity contribution in [2.75, 3.05) is 35.7 Å². The molecule has 10 nitrogen and oxygen atoms in total. The van der Waals surface area contributed by atoms with Crippen molar-refractivity contribution in [1.29, 1.82) is 0 Å². The maximum Gasteiger partial charge on any atom is 0.308 e. The van der Waals surface area contributed by atoms with Gasteiger partial charge in [0, 0.05) is 25.7 Å². The second-order valence-corrected chi connectivity index (χ2v) is 9.79. The standard InChI is InChI=1S/C22H30N6O4S2/c1-5-7-11-28(12-10-20(31)32-14-15(3)29)17-8-9-18(19(13-17)23-16(4)30)24-25-21-26-27-22(34-21)33-6-2/h8-9,13H,5-7,10-12,14H2,1-4H3,(H,23,30). The summed E-state index contributed by atoms with van der Waals surface area (Å²) in [7, 11) is 0. The molecular weight excluding hydrogens is 476 g/mol. The van der Waals surface area contributed by atoms with Gasteiger partial charge in [-0.25, -0.2) is 0 Å². The van der Waals surface area contributed by atoms with Crippen molar-refractivity contribution in [3.63, 3.8) is 0 Å². The zero-order valence-electron chi connectivity index (χ0n) is 19.9. The third kappa shape index (κ3) is 9.56. The van der Waals surface area contributed by atoms with Crippen molar-refractivity contribution in [2.24, 2.45) is 10.2 Å². The summed E-state index contributed by atoms with van der Waals surface area (Å²) in [6, 6.07) is 5.44. The lowest BCUT2D eigenvalue weighted by atomic mass is 10.2. The molecule has 1 aromatic heterocycles. The van der Waals surface area contributed by atoms with Gasteiger partial charge in [0.05, 0.1) is 12.1 Å². The van der Waals surface area contributed by atoms with Gasteiger partial charge in [0.2, 0.25) is 5.91 Å². The third-order valence-electron chi connectivity index (χ3n) is 4.37. The van der Waals surface area contributed by atoms with Crippen LogP contribution in [0, 0.1) is 0 Å².